The van der Waals surface area contributed by atoms with Crippen LogP contribution in [0.4, 0.5) is 11.4 Å². The maximum absolute atomic E-state index is 12.2. The van der Waals surface area contributed by atoms with E-state index < -0.39 is 0 Å². The molecule has 0 aliphatic rings. The Morgan fingerprint density at radius 2 is 2.00 bits per heavy atom. The van der Waals surface area contributed by atoms with Gasteiger partial charge < -0.3 is 10.6 Å². The third-order valence-electron chi connectivity index (χ3n) is 2.71. The zero-order valence-electron chi connectivity index (χ0n) is 11.1. The number of para-hydroxylation sites is 1. The highest BCUT2D eigenvalue weighted by Gasteiger charge is 2.10. The molecule has 0 unspecified atom stereocenters. The fourth-order valence-electron chi connectivity index (χ4n) is 1.77. The van der Waals surface area contributed by atoms with Crippen LogP contribution in [0.2, 0.25) is 0 Å². The van der Waals surface area contributed by atoms with Gasteiger partial charge in [0, 0.05) is 17.9 Å². The first-order valence-corrected chi connectivity index (χ1v) is 6.27. The van der Waals surface area contributed by atoms with Gasteiger partial charge in [0.05, 0.1) is 17.4 Å². The first kappa shape index (κ1) is 13.1. The summed E-state index contributed by atoms with van der Waals surface area (Å²) in [4.78, 5) is 16.4. The third kappa shape index (κ3) is 3.31. The molecule has 0 aliphatic carbocycles. The third-order valence-corrected chi connectivity index (χ3v) is 2.71. The number of anilines is 2. The molecule has 2 N–H and O–H groups in total. The lowest BCUT2D eigenvalue weighted by Crippen LogP contribution is -2.14. The lowest BCUT2D eigenvalue weighted by Gasteiger charge is -2.10. The van der Waals surface area contributed by atoms with Crippen LogP contribution in [0.25, 0.3) is 0 Å². The Kier molecular flexibility index (Phi) is 4.13. The van der Waals surface area contributed by atoms with Crippen LogP contribution in [0, 0.1) is 6.92 Å². The molecule has 0 spiro atoms. The van der Waals surface area contributed by atoms with E-state index in [2.05, 4.69) is 15.6 Å². The number of carbonyl (C=O) groups excluding carboxylic acids is 1. The molecule has 4 heteroatoms. The Labute approximate surface area is 112 Å². The molecule has 0 radical (unpaired) electrons. The summed E-state index contributed by atoms with van der Waals surface area (Å²) in [6.45, 7) is 4.68. The van der Waals surface area contributed by atoms with Crippen molar-refractivity contribution in [3.05, 3.63) is 53.9 Å². The van der Waals surface area contributed by atoms with E-state index in [0.717, 1.165) is 17.9 Å². The normalized spacial score (nSPS) is 10.0. The molecule has 1 heterocycles. The Bertz CT molecular complexity index is 564. The second kappa shape index (κ2) is 6.00. The standard InChI is InChI=1S/C15H17N3O/c1-3-16-14-7-5-4-6-13(14)15(19)18-12-9-8-11(2)17-10-12/h4-10,16H,3H2,1-2H3,(H,18,19). The second-order valence-electron chi connectivity index (χ2n) is 4.22. The Morgan fingerprint density at radius 1 is 1.21 bits per heavy atom. The molecule has 0 aliphatic heterocycles. The molecule has 1 aromatic heterocycles. The fraction of sp³-hybridized carbons (Fsp3) is 0.200. The van der Waals surface area contributed by atoms with E-state index in [1.54, 1.807) is 12.3 Å². The summed E-state index contributed by atoms with van der Waals surface area (Å²) >= 11 is 0. The van der Waals surface area contributed by atoms with Gasteiger partial charge in [-0.15, -0.1) is 0 Å². The molecule has 1 amide bonds. The minimum atomic E-state index is -0.137. The summed E-state index contributed by atoms with van der Waals surface area (Å²) in [6.07, 6.45) is 1.66. The van der Waals surface area contributed by atoms with Crippen molar-refractivity contribution in [3.63, 3.8) is 0 Å². The molecule has 0 fully saturated rings. The molecule has 4 nitrogen and oxygen atoms in total. The van der Waals surface area contributed by atoms with Gasteiger partial charge >= 0.3 is 0 Å². The summed E-state index contributed by atoms with van der Waals surface area (Å²) in [5, 5.41) is 6.02. The quantitative estimate of drug-likeness (QED) is 0.882. The van der Waals surface area contributed by atoms with Gasteiger partial charge in [-0.3, -0.25) is 9.78 Å². The number of pyridine rings is 1. The second-order valence-corrected chi connectivity index (χ2v) is 4.22. The summed E-state index contributed by atoms with van der Waals surface area (Å²) in [5.74, 6) is -0.137. The van der Waals surface area contributed by atoms with Crippen LogP contribution in [0.5, 0.6) is 0 Å². The molecule has 1 aromatic carbocycles. The molecule has 19 heavy (non-hydrogen) atoms. The molecule has 0 saturated heterocycles. The predicted molar refractivity (Wildman–Crippen MR) is 77.5 cm³/mol. The van der Waals surface area contributed by atoms with Crippen molar-refractivity contribution in [2.45, 2.75) is 13.8 Å². The van der Waals surface area contributed by atoms with Crippen LogP contribution in [-0.2, 0) is 0 Å². The smallest absolute Gasteiger partial charge is 0.257 e. The first-order valence-electron chi connectivity index (χ1n) is 6.27. The lowest BCUT2D eigenvalue weighted by atomic mass is 10.1. The molecule has 98 valence electrons. The average Bonchev–Trinajstić information content (AvgIpc) is 2.42. The summed E-state index contributed by atoms with van der Waals surface area (Å²) in [5.41, 5.74) is 3.08. The number of nitrogens with zero attached hydrogens (tertiary/aromatic N) is 1. The van der Waals surface area contributed by atoms with Crippen molar-refractivity contribution < 1.29 is 4.79 Å². The van der Waals surface area contributed by atoms with E-state index in [9.17, 15) is 4.79 Å². The number of amides is 1. The van der Waals surface area contributed by atoms with Gasteiger partial charge in [-0.2, -0.15) is 0 Å². The fourth-order valence-corrected chi connectivity index (χ4v) is 1.77. The lowest BCUT2D eigenvalue weighted by molar-refractivity contribution is 0.102. The SMILES string of the molecule is CCNc1ccccc1C(=O)Nc1ccc(C)nc1. The van der Waals surface area contributed by atoms with Gasteiger partial charge in [0.15, 0.2) is 0 Å². The maximum Gasteiger partial charge on any atom is 0.257 e. The number of nitrogens with one attached hydrogen (secondary N) is 2. The number of hydrogen-bond donors (Lipinski definition) is 2. The van der Waals surface area contributed by atoms with Crippen LogP contribution in [0.15, 0.2) is 42.6 Å². The van der Waals surface area contributed by atoms with Gasteiger partial charge in [-0.05, 0) is 38.1 Å². The first-order chi connectivity index (χ1) is 9.20. The van der Waals surface area contributed by atoms with Crippen molar-refractivity contribution >= 4 is 17.3 Å². The van der Waals surface area contributed by atoms with Crippen molar-refractivity contribution in [3.8, 4) is 0 Å². The molecule has 0 bridgehead atoms. The van der Waals surface area contributed by atoms with Crippen LogP contribution < -0.4 is 10.6 Å². The largest absolute Gasteiger partial charge is 0.385 e. The van der Waals surface area contributed by atoms with Crippen molar-refractivity contribution in [2.24, 2.45) is 0 Å². The minimum absolute atomic E-state index is 0.137. The molecular formula is C15H17N3O. The zero-order valence-corrected chi connectivity index (χ0v) is 11.1. The van der Waals surface area contributed by atoms with Gasteiger partial charge in [0.1, 0.15) is 0 Å². The maximum atomic E-state index is 12.2. The molecule has 2 rings (SSSR count). The highest BCUT2D eigenvalue weighted by atomic mass is 16.1. The highest BCUT2D eigenvalue weighted by molar-refractivity contribution is 6.07. The van der Waals surface area contributed by atoms with E-state index >= 15 is 0 Å². The van der Waals surface area contributed by atoms with Crippen LogP contribution in [0.3, 0.4) is 0 Å². The highest BCUT2D eigenvalue weighted by Crippen LogP contribution is 2.16. The van der Waals surface area contributed by atoms with E-state index in [1.807, 2.05) is 44.2 Å². The van der Waals surface area contributed by atoms with Crippen LogP contribution in [-0.4, -0.2) is 17.4 Å². The predicted octanol–water partition coefficient (Wildman–Crippen LogP) is 3.07. The van der Waals surface area contributed by atoms with E-state index in [1.165, 1.54) is 0 Å². The van der Waals surface area contributed by atoms with Gasteiger partial charge in [0.2, 0.25) is 0 Å². The monoisotopic (exact) mass is 255 g/mol. The minimum Gasteiger partial charge on any atom is -0.385 e. The van der Waals surface area contributed by atoms with Crippen LogP contribution >= 0.6 is 0 Å². The Hall–Kier alpha value is -2.36. The van der Waals surface area contributed by atoms with E-state index in [4.69, 9.17) is 0 Å². The number of aryl methyl sites for hydroxylation is 1. The van der Waals surface area contributed by atoms with Crippen molar-refractivity contribution in [1.82, 2.24) is 4.98 Å². The van der Waals surface area contributed by atoms with Crippen molar-refractivity contribution in [1.29, 1.82) is 0 Å². The molecular weight excluding hydrogens is 238 g/mol. The zero-order chi connectivity index (χ0) is 13.7. The average molecular weight is 255 g/mol. The summed E-state index contributed by atoms with van der Waals surface area (Å²) in [6, 6.07) is 11.2. The van der Waals surface area contributed by atoms with Gasteiger partial charge in [0.25, 0.3) is 5.91 Å². The molecule has 0 atom stereocenters. The van der Waals surface area contributed by atoms with E-state index in [0.29, 0.717) is 11.3 Å². The number of hydrogen-bond acceptors (Lipinski definition) is 3. The Morgan fingerprint density at radius 3 is 2.68 bits per heavy atom. The van der Waals surface area contributed by atoms with Crippen LogP contribution in [0.1, 0.15) is 23.0 Å². The molecule has 0 saturated carbocycles. The topological polar surface area (TPSA) is 54.0 Å². The van der Waals surface area contributed by atoms with Crippen molar-refractivity contribution in [2.75, 3.05) is 17.2 Å². The summed E-state index contributed by atoms with van der Waals surface area (Å²) in [7, 11) is 0. The summed E-state index contributed by atoms with van der Waals surface area (Å²) < 4.78 is 0. The van der Waals surface area contributed by atoms with E-state index in [-0.39, 0.29) is 5.91 Å². The molecule has 2 aromatic rings. The van der Waals surface area contributed by atoms with Gasteiger partial charge in [-0.25, -0.2) is 0 Å². The number of rotatable bonds is 4. The number of aromatic nitrogens is 1. The Balaban J connectivity index is 2.18. The van der Waals surface area contributed by atoms with Gasteiger partial charge in [-0.1, -0.05) is 12.1 Å². The number of carbonyl (C=O) groups is 1. The number of benzene rings is 1.